The molecule has 31 heavy (non-hydrogen) atoms. The number of rotatable bonds is 5. The van der Waals surface area contributed by atoms with Crippen LogP contribution in [0.2, 0.25) is 0 Å². The van der Waals surface area contributed by atoms with Gasteiger partial charge in [0.25, 0.3) is 0 Å². The van der Waals surface area contributed by atoms with E-state index in [9.17, 15) is 24.9 Å². The molecule has 0 fully saturated rings. The number of ether oxygens (including phenoxy) is 1. The van der Waals surface area contributed by atoms with Crippen LogP contribution in [0.15, 0.2) is 15.3 Å². The number of aryl methyl sites for hydroxylation is 1. The molecule has 2 heterocycles. The largest absolute Gasteiger partial charge is 0.507 e. The van der Waals surface area contributed by atoms with Gasteiger partial charge in [0.1, 0.15) is 39.9 Å². The minimum absolute atomic E-state index is 0.0585. The van der Waals surface area contributed by atoms with Gasteiger partial charge in [0.2, 0.25) is 0 Å². The fourth-order valence-corrected chi connectivity index (χ4v) is 3.69. The van der Waals surface area contributed by atoms with Crippen LogP contribution in [0.25, 0.3) is 6.08 Å². The summed E-state index contributed by atoms with van der Waals surface area (Å²) >= 11 is 0. The molecule has 0 atom stereocenters. The van der Waals surface area contributed by atoms with Crippen LogP contribution < -0.4 is 10.4 Å². The lowest BCUT2D eigenvalue weighted by atomic mass is 9.88. The van der Waals surface area contributed by atoms with Gasteiger partial charge in [-0.25, -0.2) is 4.79 Å². The Kier molecular flexibility index (Phi) is 5.65. The van der Waals surface area contributed by atoms with Crippen molar-refractivity contribution in [3.8, 4) is 23.0 Å². The maximum absolute atomic E-state index is 12.8. The van der Waals surface area contributed by atoms with Gasteiger partial charge in [0, 0.05) is 29.9 Å². The number of fused-ring (bicyclic) bond motifs is 1. The second-order valence-corrected chi connectivity index (χ2v) is 8.65. The zero-order chi connectivity index (χ0) is 23.2. The predicted octanol–water partition coefficient (Wildman–Crippen LogP) is 4.24. The van der Waals surface area contributed by atoms with Gasteiger partial charge >= 0.3 is 5.63 Å². The number of carbonyl (C=O) groups is 1. The van der Waals surface area contributed by atoms with E-state index < -0.39 is 28.7 Å². The SMILES string of the molecule is CCc1oc(=O)c(Cc2c(O)c(C(=O)C(C)C)c(O)c3c2OC(C)(C)C=C3)c(O)c1C. The number of Topliss-reactive ketones (excluding diaryl/α,β-unsaturated/α-hetero) is 1. The molecule has 166 valence electrons. The van der Waals surface area contributed by atoms with Crippen LogP contribution in [0, 0.1) is 12.8 Å². The van der Waals surface area contributed by atoms with E-state index in [1.807, 2.05) is 0 Å². The molecule has 0 spiro atoms. The van der Waals surface area contributed by atoms with Crippen LogP contribution in [-0.2, 0) is 12.8 Å². The summed E-state index contributed by atoms with van der Waals surface area (Å²) in [4.78, 5) is 25.4. The van der Waals surface area contributed by atoms with Crippen molar-refractivity contribution in [1.29, 1.82) is 0 Å². The summed E-state index contributed by atoms with van der Waals surface area (Å²) < 4.78 is 11.3. The van der Waals surface area contributed by atoms with Crippen molar-refractivity contribution in [2.45, 2.75) is 60.0 Å². The Morgan fingerprint density at radius 3 is 2.32 bits per heavy atom. The number of ketones is 1. The van der Waals surface area contributed by atoms with E-state index in [-0.39, 0.29) is 45.9 Å². The molecule has 3 rings (SSSR count). The van der Waals surface area contributed by atoms with Crippen molar-refractivity contribution >= 4 is 11.9 Å². The van der Waals surface area contributed by atoms with Crippen molar-refractivity contribution in [3.05, 3.63) is 50.1 Å². The van der Waals surface area contributed by atoms with Crippen LogP contribution in [0.5, 0.6) is 23.0 Å². The normalized spacial score (nSPS) is 14.4. The van der Waals surface area contributed by atoms with Gasteiger partial charge in [-0.05, 0) is 32.9 Å². The molecule has 0 bridgehead atoms. The van der Waals surface area contributed by atoms with Crippen LogP contribution in [0.1, 0.15) is 73.0 Å². The van der Waals surface area contributed by atoms with Crippen LogP contribution in [0.3, 0.4) is 0 Å². The summed E-state index contributed by atoms with van der Waals surface area (Å²) in [6, 6.07) is 0. The van der Waals surface area contributed by atoms with Gasteiger partial charge in [-0.1, -0.05) is 20.8 Å². The molecule has 1 aliphatic rings. The Morgan fingerprint density at radius 1 is 1.10 bits per heavy atom. The second kappa shape index (κ2) is 7.80. The van der Waals surface area contributed by atoms with Crippen molar-refractivity contribution < 1.29 is 29.3 Å². The molecule has 0 unspecified atom stereocenters. The van der Waals surface area contributed by atoms with Crippen molar-refractivity contribution in [3.63, 3.8) is 0 Å². The molecule has 7 heteroatoms. The third-order valence-corrected chi connectivity index (χ3v) is 5.52. The number of hydrogen-bond donors (Lipinski definition) is 3. The van der Waals surface area contributed by atoms with E-state index in [2.05, 4.69) is 0 Å². The van der Waals surface area contributed by atoms with Gasteiger partial charge in [0.15, 0.2) is 5.78 Å². The maximum Gasteiger partial charge on any atom is 0.343 e. The zero-order valence-corrected chi connectivity index (χ0v) is 18.6. The minimum atomic E-state index is -0.751. The smallest absolute Gasteiger partial charge is 0.343 e. The summed E-state index contributed by atoms with van der Waals surface area (Å²) in [7, 11) is 0. The second-order valence-electron chi connectivity index (χ2n) is 8.65. The van der Waals surface area contributed by atoms with Gasteiger partial charge < -0.3 is 24.5 Å². The monoisotopic (exact) mass is 428 g/mol. The van der Waals surface area contributed by atoms with E-state index >= 15 is 0 Å². The lowest BCUT2D eigenvalue weighted by Crippen LogP contribution is -2.29. The molecular formula is C24H28O7. The molecular weight excluding hydrogens is 400 g/mol. The first-order valence-electron chi connectivity index (χ1n) is 10.3. The predicted molar refractivity (Wildman–Crippen MR) is 116 cm³/mol. The number of carbonyl (C=O) groups excluding carboxylic acids is 1. The molecule has 1 aliphatic heterocycles. The van der Waals surface area contributed by atoms with Crippen LogP contribution in [0.4, 0.5) is 0 Å². The molecule has 1 aromatic heterocycles. The highest BCUT2D eigenvalue weighted by atomic mass is 16.5. The molecule has 0 radical (unpaired) electrons. The Bertz CT molecular complexity index is 1150. The number of benzene rings is 1. The van der Waals surface area contributed by atoms with Crippen molar-refractivity contribution in [1.82, 2.24) is 0 Å². The molecule has 0 saturated heterocycles. The molecule has 2 aromatic rings. The maximum atomic E-state index is 12.8. The highest BCUT2D eigenvalue weighted by Crippen LogP contribution is 2.48. The molecule has 1 aromatic carbocycles. The number of phenolic OH excluding ortho intramolecular Hbond substituents is 2. The third kappa shape index (κ3) is 3.80. The zero-order valence-electron chi connectivity index (χ0n) is 18.6. The first-order chi connectivity index (χ1) is 14.4. The van der Waals surface area contributed by atoms with Gasteiger partial charge in [-0.3, -0.25) is 4.79 Å². The Hall–Kier alpha value is -3.22. The summed E-state index contributed by atoms with van der Waals surface area (Å²) in [6.45, 7) is 10.3. The molecule has 0 saturated carbocycles. The lowest BCUT2D eigenvalue weighted by Gasteiger charge is -2.31. The summed E-state index contributed by atoms with van der Waals surface area (Å²) in [6.07, 6.45) is 3.55. The average Bonchev–Trinajstić information content (AvgIpc) is 2.69. The number of hydrogen-bond acceptors (Lipinski definition) is 7. The highest BCUT2D eigenvalue weighted by molar-refractivity contribution is 6.04. The van der Waals surface area contributed by atoms with E-state index in [0.717, 1.165) is 0 Å². The fraction of sp³-hybridized carbons (Fsp3) is 0.417. The van der Waals surface area contributed by atoms with E-state index in [4.69, 9.17) is 9.15 Å². The van der Waals surface area contributed by atoms with E-state index in [1.54, 1.807) is 53.7 Å². The fourth-order valence-electron chi connectivity index (χ4n) is 3.69. The summed E-state index contributed by atoms with van der Waals surface area (Å²) in [5.41, 5.74) is -0.979. The van der Waals surface area contributed by atoms with Crippen LogP contribution >= 0.6 is 0 Å². The molecule has 0 amide bonds. The van der Waals surface area contributed by atoms with Gasteiger partial charge in [-0.2, -0.15) is 0 Å². The van der Waals surface area contributed by atoms with Crippen LogP contribution in [-0.4, -0.2) is 26.7 Å². The van der Waals surface area contributed by atoms with E-state index in [1.165, 1.54) is 0 Å². The highest BCUT2D eigenvalue weighted by Gasteiger charge is 2.34. The first kappa shape index (κ1) is 22.5. The van der Waals surface area contributed by atoms with Gasteiger partial charge in [0.05, 0.1) is 11.1 Å². The Balaban J connectivity index is 2.32. The number of aromatic hydroxyl groups is 3. The number of phenols is 2. The summed E-state index contributed by atoms with van der Waals surface area (Å²) in [5, 5.41) is 32.5. The Morgan fingerprint density at radius 2 is 1.74 bits per heavy atom. The standard InChI is InChI=1S/C24H28O7/c1-7-16-12(4)19(26)15(23(29)30-16)10-14-21(28)17(18(25)11(2)3)20(27)13-8-9-24(5,6)31-22(13)14/h8-9,11,26-28H,7,10H2,1-6H3. The Labute approximate surface area is 180 Å². The van der Waals surface area contributed by atoms with Gasteiger partial charge in [-0.15, -0.1) is 0 Å². The van der Waals surface area contributed by atoms with Crippen molar-refractivity contribution in [2.75, 3.05) is 0 Å². The van der Waals surface area contributed by atoms with Crippen molar-refractivity contribution in [2.24, 2.45) is 5.92 Å². The summed E-state index contributed by atoms with van der Waals surface area (Å²) in [5.74, 6) is -1.49. The molecule has 3 N–H and O–H groups in total. The topological polar surface area (TPSA) is 117 Å². The quantitative estimate of drug-likeness (QED) is 0.610. The third-order valence-electron chi connectivity index (χ3n) is 5.52. The first-order valence-corrected chi connectivity index (χ1v) is 10.3. The lowest BCUT2D eigenvalue weighted by molar-refractivity contribution is 0.0933. The average molecular weight is 428 g/mol. The minimum Gasteiger partial charge on any atom is -0.507 e. The molecule has 0 aliphatic carbocycles. The van der Waals surface area contributed by atoms with E-state index in [0.29, 0.717) is 17.7 Å². The molecule has 7 nitrogen and oxygen atoms in total.